The van der Waals surface area contributed by atoms with Crippen LogP contribution in [0.5, 0.6) is 0 Å². The van der Waals surface area contributed by atoms with Crippen molar-refractivity contribution in [1.82, 2.24) is 0 Å². The second kappa shape index (κ2) is 5.02. The van der Waals surface area contributed by atoms with Gasteiger partial charge in [-0.25, -0.2) is 4.39 Å². The second-order valence-electron chi connectivity index (χ2n) is 4.75. The molecule has 0 fully saturated rings. The highest BCUT2D eigenvalue weighted by Crippen LogP contribution is 2.33. The zero-order valence-corrected chi connectivity index (χ0v) is 10.5. The van der Waals surface area contributed by atoms with Gasteiger partial charge in [-0.3, -0.25) is 0 Å². The molecule has 19 heavy (non-hydrogen) atoms. The number of benzene rings is 2. The van der Waals surface area contributed by atoms with Crippen LogP contribution < -0.4 is 0 Å². The molecule has 98 valence electrons. The number of hydrogen-bond donors (Lipinski definition) is 1. The van der Waals surface area contributed by atoms with Crippen LogP contribution in [0.4, 0.5) is 4.39 Å². The summed E-state index contributed by atoms with van der Waals surface area (Å²) in [5.41, 5.74) is 1.58. The standard InChI is InChI=1S/C16H15FO2/c17-15-8-7-14(12-5-1-2-6-13(12)15)16(18)11-4-3-9-19-10-11/h1-2,5-8,10,16,18H,3-4,9H2. The van der Waals surface area contributed by atoms with Gasteiger partial charge >= 0.3 is 0 Å². The first-order chi connectivity index (χ1) is 9.27. The van der Waals surface area contributed by atoms with Gasteiger partial charge in [0.1, 0.15) is 11.9 Å². The van der Waals surface area contributed by atoms with Crippen molar-refractivity contribution < 1.29 is 14.2 Å². The predicted molar refractivity (Wildman–Crippen MR) is 72.1 cm³/mol. The lowest BCUT2D eigenvalue weighted by molar-refractivity contribution is 0.171. The Bertz CT molecular complexity index is 634. The topological polar surface area (TPSA) is 29.5 Å². The lowest BCUT2D eigenvalue weighted by Crippen LogP contribution is -2.08. The Balaban J connectivity index is 2.10. The van der Waals surface area contributed by atoms with Gasteiger partial charge in [0.15, 0.2) is 0 Å². The van der Waals surface area contributed by atoms with Crippen LogP contribution in [0, 0.1) is 5.82 Å². The largest absolute Gasteiger partial charge is 0.501 e. The number of halogens is 1. The van der Waals surface area contributed by atoms with Crippen LogP contribution in [-0.2, 0) is 4.74 Å². The fraction of sp³-hybridized carbons (Fsp3) is 0.250. The first-order valence-electron chi connectivity index (χ1n) is 6.43. The predicted octanol–water partition coefficient (Wildman–Crippen LogP) is 3.71. The number of aliphatic hydroxyl groups excluding tert-OH is 1. The van der Waals surface area contributed by atoms with Gasteiger partial charge in [0.05, 0.1) is 12.9 Å². The molecule has 2 nitrogen and oxygen atoms in total. The van der Waals surface area contributed by atoms with Crippen LogP contribution in [-0.4, -0.2) is 11.7 Å². The molecule has 0 aliphatic carbocycles. The van der Waals surface area contributed by atoms with Gasteiger partial charge in [0, 0.05) is 5.39 Å². The highest BCUT2D eigenvalue weighted by Gasteiger charge is 2.19. The maximum atomic E-state index is 13.8. The van der Waals surface area contributed by atoms with Crippen molar-refractivity contribution in [3.63, 3.8) is 0 Å². The summed E-state index contributed by atoms with van der Waals surface area (Å²) in [4.78, 5) is 0. The fourth-order valence-electron chi connectivity index (χ4n) is 2.51. The summed E-state index contributed by atoms with van der Waals surface area (Å²) in [5.74, 6) is -0.263. The molecule has 1 unspecified atom stereocenters. The molecule has 0 saturated heterocycles. The van der Waals surface area contributed by atoms with E-state index < -0.39 is 6.10 Å². The summed E-state index contributed by atoms with van der Waals surface area (Å²) in [6, 6.07) is 10.3. The number of ether oxygens (including phenoxy) is 1. The average Bonchev–Trinajstić information content (AvgIpc) is 2.48. The van der Waals surface area contributed by atoms with E-state index in [0.29, 0.717) is 12.0 Å². The number of fused-ring (bicyclic) bond motifs is 1. The molecule has 0 bridgehead atoms. The first kappa shape index (κ1) is 12.2. The fourth-order valence-corrected chi connectivity index (χ4v) is 2.51. The minimum absolute atomic E-state index is 0.263. The number of rotatable bonds is 2. The van der Waals surface area contributed by atoms with Gasteiger partial charge in [0.2, 0.25) is 0 Å². The summed E-state index contributed by atoms with van der Waals surface area (Å²) >= 11 is 0. The van der Waals surface area contributed by atoms with Gasteiger partial charge < -0.3 is 9.84 Å². The Labute approximate surface area is 111 Å². The average molecular weight is 258 g/mol. The van der Waals surface area contributed by atoms with Crippen molar-refractivity contribution >= 4 is 10.8 Å². The Morgan fingerprint density at radius 1 is 1.11 bits per heavy atom. The maximum absolute atomic E-state index is 13.8. The Morgan fingerprint density at radius 2 is 1.89 bits per heavy atom. The molecule has 1 aliphatic heterocycles. The molecule has 2 aromatic carbocycles. The van der Waals surface area contributed by atoms with Gasteiger partial charge in [-0.05, 0) is 35.4 Å². The third-order valence-electron chi connectivity index (χ3n) is 3.51. The maximum Gasteiger partial charge on any atom is 0.131 e. The lowest BCUT2D eigenvalue weighted by atomic mass is 9.93. The molecule has 1 aliphatic rings. The van der Waals surface area contributed by atoms with E-state index in [-0.39, 0.29) is 5.82 Å². The van der Waals surface area contributed by atoms with Crippen molar-refractivity contribution in [2.24, 2.45) is 0 Å². The molecule has 0 radical (unpaired) electrons. The quantitative estimate of drug-likeness (QED) is 0.889. The second-order valence-corrected chi connectivity index (χ2v) is 4.75. The number of aliphatic hydroxyl groups is 1. The van der Waals surface area contributed by atoms with Crippen LogP contribution in [0.2, 0.25) is 0 Å². The highest BCUT2D eigenvalue weighted by molar-refractivity contribution is 5.86. The summed E-state index contributed by atoms with van der Waals surface area (Å²) in [5, 5.41) is 11.8. The number of hydrogen-bond acceptors (Lipinski definition) is 2. The summed E-state index contributed by atoms with van der Waals surface area (Å²) < 4.78 is 19.0. The highest BCUT2D eigenvalue weighted by atomic mass is 19.1. The van der Waals surface area contributed by atoms with E-state index in [0.717, 1.165) is 29.4 Å². The normalized spacial score (nSPS) is 16.8. The van der Waals surface area contributed by atoms with E-state index in [9.17, 15) is 9.50 Å². The zero-order chi connectivity index (χ0) is 13.2. The van der Waals surface area contributed by atoms with Gasteiger partial charge in [0.25, 0.3) is 0 Å². The summed E-state index contributed by atoms with van der Waals surface area (Å²) in [6.45, 7) is 0.695. The van der Waals surface area contributed by atoms with Crippen LogP contribution in [0.1, 0.15) is 24.5 Å². The van der Waals surface area contributed by atoms with E-state index in [2.05, 4.69) is 0 Å². The molecular formula is C16H15FO2. The molecule has 1 heterocycles. The minimum atomic E-state index is -0.731. The molecule has 3 rings (SSSR count). The summed E-state index contributed by atoms with van der Waals surface area (Å²) in [7, 11) is 0. The third kappa shape index (κ3) is 2.22. The molecule has 2 aromatic rings. The lowest BCUT2D eigenvalue weighted by Gasteiger charge is -2.20. The van der Waals surface area contributed by atoms with Crippen molar-refractivity contribution in [3.8, 4) is 0 Å². The van der Waals surface area contributed by atoms with Crippen LogP contribution in [0.15, 0.2) is 48.2 Å². The van der Waals surface area contributed by atoms with Crippen molar-refractivity contribution in [1.29, 1.82) is 0 Å². The Kier molecular flexibility index (Phi) is 3.22. The molecule has 0 aromatic heterocycles. The van der Waals surface area contributed by atoms with Crippen molar-refractivity contribution in [2.75, 3.05) is 6.61 Å². The van der Waals surface area contributed by atoms with Gasteiger partial charge in [-0.15, -0.1) is 0 Å². The minimum Gasteiger partial charge on any atom is -0.501 e. The molecule has 1 N–H and O–H groups in total. The van der Waals surface area contributed by atoms with Crippen LogP contribution in [0.3, 0.4) is 0 Å². The van der Waals surface area contributed by atoms with Crippen LogP contribution >= 0.6 is 0 Å². The summed E-state index contributed by atoms with van der Waals surface area (Å²) in [6.07, 6.45) is 2.62. The van der Waals surface area contributed by atoms with Crippen molar-refractivity contribution in [2.45, 2.75) is 18.9 Å². The van der Waals surface area contributed by atoms with E-state index in [1.54, 1.807) is 24.5 Å². The molecule has 0 amide bonds. The SMILES string of the molecule is OC(C1=COCCC1)c1ccc(F)c2ccccc12. The molecule has 1 atom stereocenters. The molecule has 0 spiro atoms. The molecule has 0 saturated carbocycles. The van der Waals surface area contributed by atoms with E-state index in [1.807, 2.05) is 12.1 Å². The zero-order valence-electron chi connectivity index (χ0n) is 10.5. The Morgan fingerprint density at radius 3 is 2.63 bits per heavy atom. The van der Waals surface area contributed by atoms with E-state index >= 15 is 0 Å². The van der Waals surface area contributed by atoms with Gasteiger partial charge in [-0.1, -0.05) is 30.3 Å². The molecule has 3 heteroatoms. The smallest absolute Gasteiger partial charge is 0.131 e. The van der Waals surface area contributed by atoms with E-state index in [1.165, 1.54) is 6.07 Å². The third-order valence-corrected chi connectivity index (χ3v) is 3.51. The van der Waals surface area contributed by atoms with Crippen molar-refractivity contribution in [3.05, 3.63) is 59.6 Å². The molecular weight excluding hydrogens is 243 g/mol. The Hall–Kier alpha value is -1.87. The first-order valence-corrected chi connectivity index (χ1v) is 6.43. The van der Waals surface area contributed by atoms with E-state index in [4.69, 9.17) is 4.74 Å². The monoisotopic (exact) mass is 258 g/mol. The van der Waals surface area contributed by atoms with Crippen LogP contribution in [0.25, 0.3) is 10.8 Å². The van der Waals surface area contributed by atoms with Gasteiger partial charge in [-0.2, -0.15) is 0 Å².